The molecule has 5 nitrogen and oxygen atoms in total. The Kier molecular flexibility index (Phi) is 5.09. The average molecular weight is 301 g/mol. The van der Waals surface area contributed by atoms with Gasteiger partial charge in [0, 0.05) is 33.2 Å². The van der Waals surface area contributed by atoms with Crippen LogP contribution in [0.4, 0.5) is 4.39 Å². The van der Waals surface area contributed by atoms with E-state index in [0.29, 0.717) is 25.2 Å². The second-order valence-electron chi connectivity index (χ2n) is 4.90. The van der Waals surface area contributed by atoms with Crippen LogP contribution >= 0.6 is 0 Å². The molecule has 0 spiro atoms. The highest BCUT2D eigenvalue weighted by molar-refractivity contribution is 7.86. The first-order valence-corrected chi connectivity index (χ1v) is 8.06. The summed E-state index contributed by atoms with van der Waals surface area (Å²) in [6.07, 6.45) is 0.799. The van der Waals surface area contributed by atoms with Gasteiger partial charge in [0.05, 0.1) is 0 Å². The lowest BCUT2D eigenvalue weighted by atomic mass is 10.2. The van der Waals surface area contributed by atoms with E-state index in [0.717, 1.165) is 13.0 Å². The fourth-order valence-corrected chi connectivity index (χ4v) is 3.61. The molecular weight excluding hydrogens is 281 g/mol. The molecule has 1 N–H and O–H groups in total. The third kappa shape index (κ3) is 3.76. The van der Waals surface area contributed by atoms with Crippen molar-refractivity contribution in [2.45, 2.75) is 13.0 Å². The van der Waals surface area contributed by atoms with E-state index >= 15 is 0 Å². The Hall–Kier alpha value is -1.02. The van der Waals surface area contributed by atoms with Crippen molar-refractivity contribution in [3.63, 3.8) is 0 Å². The fraction of sp³-hybridized carbons (Fsp3) is 0.538. The molecule has 0 atom stereocenters. The van der Waals surface area contributed by atoms with Crippen LogP contribution in [0.2, 0.25) is 0 Å². The van der Waals surface area contributed by atoms with E-state index in [1.807, 2.05) is 0 Å². The predicted octanol–water partition coefficient (Wildman–Crippen LogP) is 0.798. The number of hydrogen-bond donors (Lipinski definition) is 1. The molecule has 7 heteroatoms. The molecule has 0 saturated carbocycles. The van der Waals surface area contributed by atoms with Crippen molar-refractivity contribution >= 4 is 10.2 Å². The van der Waals surface area contributed by atoms with Crippen LogP contribution in [0.3, 0.4) is 0 Å². The molecule has 0 aromatic heterocycles. The van der Waals surface area contributed by atoms with Gasteiger partial charge in [-0.15, -0.1) is 0 Å². The fourth-order valence-electron chi connectivity index (χ4n) is 2.22. The van der Waals surface area contributed by atoms with Gasteiger partial charge in [-0.25, -0.2) is 4.39 Å². The molecule has 0 bridgehead atoms. The van der Waals surface area contributed by atoms with Gasteiger partial charge in [-0.1, -0.05) is 12.1 Å². The largest absolute Gasteiger partial charge is 0.315 e. The van der Waals surface area contributed by atoms with Crippen LogP contribution < -0.4 is 5.32 Å². The molecule has 112 valence electrons. The van der Waals surface area contributed by atoms with Crippen molar-refractivity contribution in [2.75, 3.05) is 33.2 Å². The standard InChI is InChI=1S/C13H20FN3O2S/c1-16(11-12-4-2-5-13(14)10-12)20(18,19)17-8-3-6-15-7-9-17/h2,4-5,10,15H,3,6-9,11H2,1H3. The quantitative estimate of drug-likeness (QED) is 0.895. The second-order valence-corrected chi connectivity index (χ2v) is 6.93. The summed E-state index contributed by atoms with van der Waals surface area (Å²) in [4.78, 5) is 0. The van der Waals surface area contributed by atoms with Gasteiger partial charge < -0.3 is 5.32 Å². The maximum absolute atomic E-state index is 13.1. The van der Waals surface area contributed by atoms with Gasteiger partial charge in [0.1, 0.15) is 5.82 Å². The monoisotopic (exact) mass is 301 g/mol. The Morgan fingerprint density at radius 1 is 1.35 bits per heavy atom. The third-order valence-corrected chi connectivity index (χ3v) is 5.25. The summed E-state index contributed by atoms with van der Waals surface area (Å²) >= 11 is 0. The van der Waals surface area contributed by atoms with E-state index in [9.17, 15) is 12.8 Å². The first kappa shape index (κ1) is 15.4. The van der Waals surface area contributed by atoms with Gasteiger partial charge in [-0.2, -0.15) is 17.0 Å². The topological polar surface area (TPSA) is 52.7 Å². The summed E-state index contributed by atoms with van der Waals surface area (Å²) in [6, 6.07) is 6.01. The van der Waals surface area contributed by atoms with Crippen molar-refractivity contribution in [3.8, 4) is 0 Å². The molecule has 1 saturated heterocycles. The highest BCUT2D eigenvalue weighted by Crippen LogP contribution is 2.13. The minimum Gasteiger partial charge on any atom is -0.315 e. The third-order valence-electron chi connectivity index (χ3n) is 3.31. The van der Waals surface area contributed by atoms with Gasteiger partial charge >= 0.3 is 0 Å². The summed E-state index contributed by atoms with van der Waals surface area (Å²) in [5.41, 5.74) is 0.643. The van der Waals surface area contributed by atoms with Crippen molar-refractivity contribution < 1.29 is 12.8 Å². The first-order valence-electron chi connectivity index (χ1n) is 6.67. The van der Waals surface area contributed by atoms with E-state index in [2.05, 4.69) is 5.32 Å². The lowest BCUT2D eigenvalue weighted by Crippen LogP contribution is -2.43. The van der Waals surface area contributed by atoms with Crippen LogP contribution in [0.15, 0.2) is 24.3 Å². The highest BCUT2D eigenvalue weighted by atomic mass is 32.2. The lowest BCUT2D eigenvalue weighted by molar-refractivity contribution is 0.367. The number of nitrogens with one attached hydrogen (secondary N) is 1. The molecule has 0 amide bonds. The molecule has 1 aromatic rings. The molecule has 2 rings (SSSR count). The smallest absolute Gasteiger partial charge is 0.282 e. The van der Waals surface area contributed by atoms with E-state index < -0.39 is 10.2 Å². The van der Waals surface area contributed by atoms with Crippen LogP contribution in [0, 0.1) is 5.82 Å². The molecule has 1 aliphatic heterocycles. The Morgan fingerprint density at radius 3 is 2.90 bits per heavy atom. The normalized spacial score (nSPS) is 18.1. The molecule has 0 unspecified atom stereocenters. The zero-order valence-electron chi connectivity index (χ0n) is 11.5. The molecule has 1 aliphatic rings. The number of hydrogen-bond acceptors (Lipinski definition) is 3. The molecular formula is C13H20FN3O2S. The zero-order valence-corrected chi connectivity index (χ0v) is 12.4. The van der Waals surface area contributed by atoms with Gasteiger partial charge in [0.15, 0.2) is 0 Å². The lowest BCUT2D eigenvalue weighted by Gasteiger charge is -2.26. The number of benzene rings is 1. The van der Waals surface area contributed by atoms with Crippen molar-refractivity contribution in [3.05, 3.63) is 35.6 Å². The molecule has 1 aromatic carbocycles. The van der Waals surface area contributed by atoms with E-state index in [-0.39, 0.29) is 12.4 Å². The van der Waals surface area contributed by atoms with E-state index in [4.69, 9.17) is 0 Å². The summed E-state index contributed by atoms with van der Waals surface area (Å²) in [5, 5.41) is 3.17. The van der Waals surface area contributed by atoms with Gasteiger partial charge in [-0.05, 0) is 30.7 Å². The molecule has 1 fully saturated rings. The summed E-state index contributed by atoms with van der Waals surface area (Å²) in [6.45, 7) is 2.65. The maximum atomic E-state index is 13.1. The Balaban J connectivity index is 2.08. The zero-order chi connectivity index (χ0) is 14.6. The van der Waals surface area contributed by atoms with Crippen molar-refractivity contribution in [1.29, 1.82) is 0 Å². The highest BCUT2D eigenvalue weighted by Gasteiger charge is 2.27. The summed E-state index contributed by atoms with van der Waals surface area (Å²) < 4.78 is 40.8. The van der Waals surface area contributed by atoms with Crippen molar-refractivity contribution in [2.24, 2.45) is 0 Å². The predicted molar refractivity (Wildman–Crippen MR) is 75.8 cm³/mol. The Morgan fingerprint density at radius 2 is 2.15 bits per heavy atom. The Bertz CT molecular complexity index is 542. The second kappa shape index (κ2) is 6.62. The van der Waals surface area contributed by atoms with Crippen LogP contribution in [0.1, 0.15) is 12.0 Å². The van der Waals surface area contributed by atoms with Crippen molar-refractivity contribution in [1.82, 2.24) is 13.9 Å². The minimum absolute atomic E-state index is 0.171. The van der Waals surface area contributed by atoms with E-state index in [1.165, 1.54) is 27.8 Å². The number of nitrogens with zero attached hydrogens (tertiary/aromatic N) is 2. The average Bonchev–Trinajstić information content (AvgIpc) is 2.67. The number of halogens is 1. The summed E-state index contributed by atoms with van der Waals surface area (Å²) in [7, 11) is -1.97. The van der Waals surface area contributed by atoms with E-state index in [1.54, 1.807) is 12.1 Å². The SMILES string of the molecule is CN(Cc1cccc(F)c1)S(=O)(=O)N1CCCNCC1. The van der Waals surface area contributed by atoms with Gasteiger partial charge in [0.2, 0.25) is 0 Å². The summed E-state index contributed by atoms with van der Waals surface area (Å²) in [5.74, 6) is -0.354. The van der Waals surface area contributed by atoms with Crippen LogP contribution in [0.5, 0.6) is 0 Å². The minimum atomic E-state index is -3.49. The van der Waals surface area contributed by atoms with Crippen LogP contribution in [0.25, 0.3) is 0 Å². The molecule has 0 aliphatic carbocycles. The molecule has 0 radical (unpaired) electrons. The van der Waals surface area contributed by atoms with Gasteiger partial charge in [-0.3, -0.25) is 0 Å². The first-order chi connectivity index (χ1) is 9.50. The maximum Gasteiger partial charge on any atom is 0.282 e. The number of rotatable bonds is 4. The van der Waals surface area contributed by atoms with Gasteiger partial charge in [0.25, 0.3) is 10.2 Å². The van der Waals surface area contributed by atoms with Crippen LogP contribution in [-0.2, 0) is 16.8 Å². The molecule has 20 heavy (non-hydrogen) atoms. The Labute approximate surface area is 119 Å². The molecule has 1 heterocycles. The van der Waals surface area contributed by atoms with Crippen LogP contribution in [-0.4, -0.2) is 50.3 Å².